The Balaban J connectivity index is 1.45. The molecular weight excluding hydrogens is 366 g/mol. The second kappa shape index (κ2) is 8.39. The number of piperidine rings is 1. The summed E-state index contributed by atoms with van der Waals surface area (Å²) in [6.07, 6.45) is 3.58. The van der Waals surface area contributed by atoms with Crippen molar-refractivity contribution >= 4 is 11.6 Å². The maximum atomic E-state index is 12.9. The van der Waals surface area contributed by atoms with Crippen molar-refractivity contribution in [1.82, 2.24) is 10.3 Å². The van der Waals surface area contributed by atoms with E-state index in [-0.39, 0.29) is 11.9 Å². The van der Waals surface area contributed by atoms with Crippen LogP contribution in [0.2, 0.25) is 0 Å². The van der Waals surface area contributed by atoms with Crippen LogP contribution in [0.1, 0.15) is 28.9 Å². The number of pyridine rings is 1. The van der Waals surface area contributed by atoms with Gasteiger partial charge in [-0.1, -0.05) is 12.1 Å². The molecule has 6 nitrogen and oxygen atoms in total. The van der Waals surface area contributed by atoms with Crippen LogP contribution in [-0.4, -0.2) is 37.1 Å². The molecule has 1 fully saturated rings. The van der Waals surface area contributed by atoms with Gasteiger partial charge in [-0.15, -0.1) is 0 Å². The van der Waals surface area contributed by atoms with E-state index in [2.05, 4.69) is 21.3 Å². The average Bonchev–Trinajstić information content (AvgIpc) is 3.28. The standard InChI is InChI=1S/C23H25N3O3/c1-16-18(11-12-19(24-16)21-10-6-14-29-21)23(27)25-17-7-5-13-26(15-17)20-8-3-4-9-22(20)28-2/h3-4,6,8-12,14,17H,5,7,13,15H2,1-2H3,(H,25,27). The van der Waals surface area contributed by atoms with Crippen molar-refractivity contribution in [1.29, 1.82) is 0 Å². The molecule has 0 spiro atoms. The van der Waals surface area contributed by atoms with Crippen LogP contribution in [0.25, 0.3) is 11.5 Å². The van der Waals surface area contributed by atoms with E-state index in [0.717, 1.165) is 43.1 Å². The maximum absolute atomic E-state index is 12.9. The zero-order chi connectivity index (χ0) is 20.2. The molecular formula is C23H25N3O3. The van der Waals surface area contributed by atoms with Crippen LogP contribution in [0, 0.1) is 6.92 Å². The Labute approximate surface area is 170 Å². The van der Waals surface area contributed by atoms with Gasteiger partial charge in [0, 0.05) is 19.1 Å². The summed E-state index contributed by atoms with van der Waals surface area (Å²) in [6.45, 7) is 3.55. The number of carbonyl (C=O) groups excluding carboxylic acids is 1. The summed E-state index contributed by atoms with van der Waals surface area (Å²) in [7, 11) is 1.68. The summed E-state index contributed by atoms with van der Waals surface area (Å²) in [5, 5.41) is 3.18. The van der Waals surface area contributed by atoms with Crippen molar-refractivity contribution in [3.8, 4) is 17.2 Å². The number of aryl methyl sites for hydroxylation is 1. The quantitative estimate of drug-likeness (QED) is 0.710. The molecule has 1 aromatic carbocycles. The molecule has 0 saturated carbocycles. The Kier molecular flexibility index (Phi) is 5.51. The third-order valence-electron chi connectivity index (χ3n) is 5.29. The van der Waals surface area contributed by atoms with Crippen molar-refractivity contribution in [2.75, 3.05) is 25.1 Å². The number of methoxy groups -OCH3 is 1. The number of rotatable bonds is 5. The number of aromatic nitrogens is 1. The lowest BCUT2D eigenvalue weighted by molar-refractivity contribution is 0.0932. The van der Waals surface area contributed by atoms with Crippen LogP contribution in [0.4, 0.5) is 5.69 Å². The van der Waals surface area contributed by atoms with Gasteiger partial charge in [0.15, 0.2) is 5.76 Å². The van der Waals surface area contributed by atoms with Gasteiger partial charge >= 0.3 is 0 Å². The van der Waals surface area contributed by atoms with Crippen LogP contribution < -0.4 is 15.0 Å². The second-order valence-corrected chi connectivity index (χ2v) is 7.24. The fourth-order valence-electron chi connectivity index (χ4n) is 3.83. The highest BCUT2D eigenvalue weighted by Crippen LogP contribution is 2.30. The number of nitrogens with zero attached hydrogens (tertiary/aromatic N) is 2. The Morgan fingerprint density at radius 1 is 1.21 bits per heavy atom. The molecule has 2 aromatic heterocycles. The zero-order valence-corrected chi connectivity index (χ0v) is 16.7. The number of amides is 1. The number of anilines is 1. The van der Waals surface area contributed by atoms with E-state index < -0.39 is 0 Å². The lowest BCUT2D eigenvalue weighted by Gasteiger charge is -2.35. The Morgan fingerprint density at radius 2 is 2.07 bits per heavy atom. The molecule has 6 heteroatoms. The Bertz CT molecular complexity index is 985. The zero-order valence-electron chi connectivity index (χ0n) is 16.7. The molecule has 1 amide bonds. The van der Waals surface area contributed by atoms with Gasteiger partial charge in [0.2, 0.25) is 0 Å². The summed E-state index contributed by atoms with van der Waals surface area (Å²) >= 11 is 0. The molecule has 1 unspecified atom stereocenters. The van der Waals surface area contributed by atoms with Gasteiger partial charge in [-0.3, -0.25) is 4.79 Å². The molecule has 0 radical (unpaired) electrons. The highest BCUT2D eigenvalue weighted by Gasteiger charge is 2.24. The van der Waals surface area contributed by atoms with Crippen molar-refractivity contribution in [2.24, 2.45) is 0 Å². The van der Waals surface area contributed by atoms with E-state index in [0.29, 0.717) is 17.0 Å². The molecule has 0 aliphatic carbocycles. The topological polar surface area (TPSA) is 67.6 Å². The smallest absolute Gasteiger partial charge is 0.253 e. The molecule has 1 atom stereocenters. The van der Waals surface area contributed by atoms with Crippen molar-refractivity contribution < 1.29 is 13.9 Å². The van der Waals surface area contributed by atoms with E-state index in [1.54, 1.807) is 13.4 Å². The molecule has 4 rings (SSSR count). The average molecular weight is 391 g/mol. The van der Waals surface area contributed by atoms with Crippen LogP contribution in [0.5, 0.6) is 5.75 Å². The SMILES string of the molecule is COc1ccccc1N1CCCC(NC(=O)c2ccc(-c3ccco3)nc2C)C1. The fraction of sp³-hybridized carbons (Fsp3) is 0.304. The first-order chi connectivity index (χ1) is 14.2. The third kappa shape index (κ3) is 4.11. The molecule has 150 valence electrons. The lowest BCUT2D eigenvalue weighted by atomic mass is 10.0. The predicted molar refractivity (Wildman–Crippen MR) is 112 cm³/mol. The van der Waals surface area contributed by atoms with Crippen molar-refractivity contribution in [3.05, 3.63) is 66.1 Å². The molecule has 1 aliphatic heterocycles. The summed E-state index contributed by atoms with van der Waals surface area (Å²) in [5.74, 6) is 1.46. The van der Waals surface area contributed by atoms with Gasteiger partial charge in [0.25, 0.3) is 5.91 Å². The molecule has 1 aliphatic rings. The number of para-hydroxylation sites is 2. The number of ether oxygens (including phenoxy) is 1. The Morgan fingerprint density at radius 3 is 2.83 bits per heavy atom. The number of nitrogens with one attached hydrogen (secondary N) is 1. The van der Waals surface area contributed by atoms with E-state index in [4.69, 9.17) is 9.15 Å². The van der Waals surface area contributed by atoms with E-state index in [1.165, 1.54) is 0 Å². The highest BCUT2D eigenvalue weighted by molar-refractivity contribution is 5.95. The Hall–Kier alpha value is -3.28. The monoisotopic (exact) mass is 391 g/mol. The predicted octanol–water partition coefficient (Wildman–Crippen LogP) is 4.06. The maximum Gasteiger partial charge on any atom is 0.253 e. The lowest BCUT2D eigenvalue weighted by Crippen LogP contribution is -2.48. The molecule has 1 saturated heterocycles. The van der Waals surface area contributed by atoms with Gasteiger partial charge in [-0.05, 0) is 56.2 Å². The second-order valence-electron chi connectivity index (χ2n) is 7.24. The first-order valence-corrected chi connectivity index (χ1v) is 9.86. The molecule has 1 N–H and O–H groups in total. The van der Waals surface area contributed by atoms with Crippen LogP contribution >= 0.6 is 0 Å². The molecule has 29 heavy (non-hydrogen) atoms. The van der Waals surface area contributed by atoms with Crippen LogP contribution in [0.3, 0.4) is 0 Å². The third-order valence-corrected chi connectivity index (χ3v) is 5.29. The van der Waals surface area contributed by atoms with E-state index in [1.807, 2.05) is 49.4 Å². The van der Waals surface area contributed by atoms with Gasteiger partial charge in [0.05, 0.1) is 30.3 Å². The van der Waals surface area contributed by atoms with Crippen molar-refractivity contribution in [2.45, 2.75) is 25.8 Å². The normalized spacial score (nSPS) is 16.5. The molecule has 3 aromatic rings. The van der Waals surface area contributed by atoms with Gasteiger partial charge in [-0.2, -0.15) is 0 Å². The number of hydrogen-bond acceptors (Lipinski definition) is 5. The van der Waals surface area contributed by atoms with Crippen LogP contribution in [0.15, 0.2) is 59.2 Å². The van der Waals surface area contributed by atoms with Gasteiger partial charge < -0.3 is 19.4 Å². The van der Waals surface area contributed by atoms with Crippen LogP contribution in [-0.2, 0) is 0 Å². The molecule has 0 bridgehead atoms. The summed E-state index contributed by atoms with van der Waals surface area (Å²) in [5.41, 5.74) is 3.07. The van der Waals surface area contributed by atoms with E-state index in [9.17, 15) is 4.79 Å². The first kappa shape index (κ1) is 19.1. The summed E-state index contributed by atoms with van der Waals surface area (Å²) < 4.78 is 10.9. The highest BCUT2D eigenvalue weighted by atomic mass is 16.5. The number of carbonyl (C=O) groups is 1. The number of hydrogen-bond donors (Lipinski definition) is 1. The largest absolute Gasteiger partial charge is 0.495 e. The fourth-order valence-corrected chi connectivity index (χ4v) is 3.83. The first-order valence-electron chi connectivity index (χ1n) is 9.86. The number of benzene rings is 1. The minimum absolute atomic E-state index is 0.0744. The van der Waals surface area contributed by atoms with Crippen molar-refractivity contribution in [3.63, 3.8) is 0 Å². The van der Waals surface area contributed by atoms with Gasteiger partial charge in [-0.25, -0.2) is 4.98 Å². The summed E-state index contributed by atoms with van der Waals surface area (Å²) in [6, 6.07) is 15.4. The molecule has 3 heterocycles. The minimum atomic E-state index is -0.0899. The summed E-state index contributed by atoms with van der Waals surface area (Å²) in [4.78, 5) is 19.7. The van der Waals surface area contributed by atoms with Gasteiger partial charge in [0.1, 0.15) is 11.4 Å². The van der Waals surface area contributed by atoms with E-state index >= 15 is 0 Å². The number of furan rings is 1. The minimum Gasteiger partial charge on any atom is -0.495 e.